The molecule has 1 fully saturated rings. The number of allylic oxidation sites excluding steroid dienone is 2. The van der Waals surface area contributed by atoms with Crippen LogP contribution in [0, 0.1) is 11.8 Å². The van der Waals surface area contributed by atoms with Gasteiger partial charge >= 0.3 is 0 Å². The normalized spacial score (nSPS) is 20.1. The van der Waals surface area contributed by atoms with Gasteiger partial charge in [-0.05, 0) is 38.0 Å². The number of fused-ring (bicyclic) bond motifs is 1. The molecule has 1 heterocycles. The van der Waals surface area contributed by atoms with Crippen LogP contribution in [0.1, 0.15) is 40.5 Å². The second-order valence-electron chi connectivity index (χ2n) is 7.97. The van der Waals surface area contributed by atoms with Crippen molar-refractivity contribution in [3.63, 3.8) is 0 Å². The van der Waals surface area contributed by atoms with E-state index in [0.717, 1.165) is 15.6 Å². The van der Waals surface area contributed by atoms with Crippen LogP contribution in [0.3, 0.4) is 0 Å². The fraction of sp³-hybridized carbons (Fsp3) is 0.250. The van der Waals surface area contributed by atoms with Crippen LogP contribution in [0.15, 0.2) is 60.2 Å². The molecule has 8 heteroatoms. The summed E-state index contributed by atoms with van der Waals surface area (Å²) in [6, 6.07) is 12.7. The molecule has 32 heavy (non-hydrogen) atoms. The van der Waals surface area contributed by atoms with Gasteiger partial charge in [-0.1, -0.05) is 65.2 Å². The number of hydrazine groups is 1. The van der Waals surface area contributed by atoms with Gasteiger partial charge in [-0.3, -0.25) is 19.2 Å². The monoisotopic (exact) mass is 470 g/mol. The molecule has 0 aromatic heterocycles. The molecule has 164 valence electrons. The number of halogens is 2. The Kier molecular flexibility index (Phi) is 6.17. The molecule has 6 nitrogen and oxygen atoms in total. The van der Waals surface area contributed by atoms with Gasteiger partial charge in [0.25, 0.3) is 17.7 Å². The Morgan fingerprint density at radius 3 is 2.41 bits per heavy atom. The van der Waals surface area contributed by atoms with E-state index < -0.39 is 41.9 Å². The fourth-order valence-corrected chi connectivity index (χ4v) is 4.63. The topological polar surface area (TPSA) is 74.8 Å². The van der Waals surface area contributed by atoms with Crippen molar-refractivity contribution in [3.8, 4) is 0 Å². The minimum atomic E-state index is -0.721. The lowest BCUT2D eigenvalue weighted by molar-refractivity contribution is -0.154. The fourth-order valence-electron chi connectivity index (χ4n) is 4.14. The van der Waals surface area contributed by atoms with Crippen molar-refractivity contribution in [2.75, 3.05) is 6.54 Å². The van der Waals surface area contributed by atoms with Crippen molar-refractivity contribution in [1.29, 1.82) is 0 Å². The maximum absolute atomic E-state index is 13.5. The van der Waals surface area contributed by atoms with Crippen LogP contribution in [0.5, 0.6) is 0 Å². The van der Waals surface area contributed by atoms with Gasteiger partial charge < -0.3 is 0 Å². The van der Waals surface area contributed by atoms with E-state index in [1.807, 2.05) is 13.0 Å². The van der Waals surface area contributed by atoms with Crippen molar-refractivity contribution in [2.24, 2.45) is 11.8 Å². The van der Waals surface area contributed by atoms with E-state index in [-0.39, 0.29) is 10.6 Å². The van der Waals surface area contributed by atoms with Crippen LogP contribution in [0.4, 0.5) is 0 Å². The van der Waals surface area contributed by atoms with Gasteiger partial charge in [-0.25, -0.2) is 5.01 Å². The number of imide groups is 1. The summed E-state index contributed by atoms with van der Waals surface area (Å²) in [4.78, 5) is 52.9. The maximum Gasteiger partial charge on any atom is 0.274 e. The zero-order chi connectivity index (χ0) is 23.0. The molecule has 1 aliphatic carbocycles. The number of amides is 3. The van der Waals surface area contributed by atoms with E-state index in [1.165, 1.54) is 18.2 Å². The second kappa shape index (κ2) is 8.88. The average Bonchev–Trinajstić information content (AvgIpc) is 3.01. The van der Waals surface area contributed by atoms with Crippen LogP contribution in [-0.2, 0) is 9.59 Å². The van der Waals surface area contributed by atoms with Gasteiger partial charge in [0.15, 0.2) is 5.78 Å². The molecule has 3 amide bonds. The summed E-state index contributed by atoms with van der Waals surface area (Å²) < 4.78 is 0. The highest BCUT2D eigenvalue weighted by atomic mass is 35.5. The molecule has 0 unspecified atom stereocenters. The molecule has 1 saturated heterocycles. The Labute approximate surface area is 195 Å². The number of rotatable bonds is 5. The van der Waals surface area contributed by atoms with Crippen LogP contribution >= 0.6 is 23.2 Å². The number of carbonyl (C=O) groups excluding carboxylic acids is 4. The predicted molar refractivity (Wildman–Crippen MR) is 120 cm³/mol. The maximum atomic E-state index is 13.5. The lowest BCUT2D eigenvalue weighted by Gasteiger charge is -2.30. The van der Waals surface area contributed by atoms with Crippen LogP contribution in [-0.4, -0.2) is 40.1 Å². The Morgan fingerprint density at radius 2 is 1.72 bits per heavy atom. The molecule has 2 atom stereocenters. The van der Waals surface area contributed by atoms with Crippen LogP contribution < -0.4 is 0 Å². The summed E-state index contributed by atoms with van der Waals surface area (Å²) in [5, 5.41) is 2.16. The van der Waals surface area contributed by atoms with Crippen molar-refractivity contribution in [1.82, 2.24) is 10.0 Å². The summed E-state index contributed by atoms with van der Waals surface area (Å²) in [5.74, 6) is -3.19. The van der Waals surface area contributed by atoms with E-state index >= 15 is 0 Å². The highest BCUT2D eigenvalue weighted by molar-refractivity contribution is 6.36. The first-order valence-electron chi connectivity index (χ1n) is 10.2. The molecule has 0 spiro atoms. The third-order valence-electron chi connectivity index (χ3n) is 5.83. The Balaban J connectivity index is 1.72. The Hall–Kier alpha value is -2.96. The predicted octanol–water partition coefficient (Wildman–Crippen LogP) is 4.57. The van der Waals surface area contributed by atoms with Crippen molar-refractivity contribution in [3.05, 3.63) is 81.4 Å². The standard InChI is InChI=1S/C24H20Cl2N2O4/c1-14-7-9-17-19(11-14)24(32)28(23(17)31)27(13-21(29)15-5-3-2-4-6-15)22(30)18-10-8-16(25)12-20(18)26/h2-8,10,12,17,19H,9,11,13H2,1H3/t17-,19-/m0/s1. The largest absolute Gasteiger partial charge is 0.292 e. The highest BCUT2D eigenvalue weighted by Gasteiger charge is 2.51. The zero-order valence-corrected chi connectivity index (χ0v) is 18.8. The van der Waals surface area contributed by atoms with Gasteiger partial charge in [0.05, 0.1) is 22.4 Å². The summed E-state index contributed by atoms with van der Waals surface area (Å²) >= 11 is 12.2. The number of Topliss-reactive ketones (excluding diaryl/α,β-unsaturated/α-hetero) is 1. The number of benzene rings is 2. The number of carbonyl (C=O) groups is 4. The third kappa shape index (κ3) is 4.08. The summed E-state index contributed by atoms with van der Waals surface area (Å²) in [7, 11) is 0. The average molecular weight is 471 g/mol. The minimum absolute atomic E-state index is 0.0432. The zero-order valence-electron chi connectivity index (χ0n) is 17.3. The van der Waals surface area contributed by atoms with E-state index in [9.17, 15) is 19.2 Å². The molecule has 0 radical (unpaired) electrons. The summed E-state index contributed by atoms with van der Waals surface area (Å²) in [6.45, 7) is 1.43. The number of nitrogens with zero attached hydrogens (tertiary/aromatic N) is 2. The molecule has 2 aliphatic rings. The minimum Gasteiger partial charge on any atom is -0.292 e. The van der Waals surface area contributed by atoms with Crippen LogP contribution in [0.25, 0.3) is 0 Å². The quantitative estimate of drug-likeness (QED) is 0.364. The van der Waals surface area contributed by atoms with E-state index in [2.05, 4.69) is 0 Å². The Morgan fingerprint density at radius 1 is 1.03 bits per heavy atom. The molecule has 2 aromatic rings. The summed E-state index contributed by atoms with van der Waals surface area (Å²) in [5.41, 5.74) is 1.43. The van der Waals surface area contributed by atoms with E-state index in [4.69, 9.17) is 23.2 Å². The SMILES string of the molecule is CC1=CC[C@@H]2C(=O)N(N(CC(=O)c3ccccc3)C(=O)c3ccc(Cl)cc3Cl)C(=O)[C@H]2C1. The molecule has 0 saturated carbocycles. The van der Waals surface area contributed by atoms with Gasteiger partial charge in [0.2, 0.25) is 0 Å². The lowest BCUT2D eigenvalue weighted by Crippen LogP contribution is -2.52. The molecule has 1 aliphatic heterocycles. The number of ketones is 1. The molecule has 2 aromatic carbocycles. The van der Waals surface area contributed by atoms with Gasteiger partial charge in [-0.15, -0.1) is 0 Å². The van der Waals surface area contributed by atoms with Crippen molar-refractivity contribution < 1.29 is 19.2 Å². The van der Waals surface area contributed by atoms with Crippen molar-refractivity contribution in [2.45, 2.75) is 19.8 Å². The van der Waals surface area contributed by atoms with Gasteiger partial charge in [-0.2, -0.15) is 5.01 Å². The first-order chi connectivity index (χ1) is 15.3. The van der Waals surface area contributed by atoms with Gasteiger partial charge in [0, 0.05) is 10.6 Å². The molecular formula is C24H20Cl2N2O4. The smallest absolute Gasteiger partial charge is 0.274 e. The van der Waals surface area contributed by atoms with E-state index in [0.29, 0.717) is 23.4 Å². The number of hydrogen-bond donors (Lipinski definition) is 0. The third-order valence-corrected chi connectivity index (χ3v) is 6.37. The van der Waals surface area contributed by atoms with Crippen molar-refractivity contribution >= 4 is 46.7 Å². The van der Waals surface area contributed by atoms with E-state index in [1.54, 1.807) is 30.3 Å². The summed E-state index contributed by atoms with van der Waals surface area (Å²) in [6.07, 6.45) is 2.81. The lowest BCUT2D eigenvalue weighted by atomic mass is 9.82. The highest BCUT2D eigenvalue weighted by Crippen LogP contribution is 2.39. The van der Waals surface area contributed by atoms with Gasteiger partial charge in [0.1, 0.15) is 6.54 Å². The number of hydrogen-bond acceptors (Lipinski definition) is 4. The molecule has 4 rings (SSSR count). The molecular weight excluding hydrogens is 451 g/mol. The second-order valence-corrected chi connectivity index (χ2v) is 8.81. The molecule has 0 N–H and O–H groups in total. The Bertz CT molecular complexity index is 1150. The first kappa shape index (κ1) is 22.2. The first-order valence-corrected chi connectivity index (χ1v) is 10.9. The van der Waals surface area contributed by atoms with Crippen LogP contribution in [0.2, 0.25) is 10.0 Å². The molecule has 0 bridgehead atoms.